The van der Waals surface area contributed by atoms with Crippen LogP contribution in [-0.2, 0) is 11.2 Å². The first kappa shape index (κ1) is 14.8. The predicted octanol–water partition coefficient (Wildman–Crippen LogP) is 1.98. The number of oxime groups is 1. The lowest BCUT2D eigenvalue weighted by molar-refractivity contribution is -0.131. The molecule has 0 unspecified atom stereocenters. The SMILES string of the molecule is NC(=NO)C1CCN(C(=O)Cc2ccc(Br)cc2)CC1. The molecular weight excluding hydrogens is 322 g/mol. The van der Waals surface area contributed by atoms with Gasteiger partial charge in [-0.2, -0.15) is 0 Å². The number of likely N-dealkylation sites (tertiary alicyclic amines) is 1. The van der Waals surface area contributed by atoms with E-state index in [4.69, 9.17) is 10.9 Å². The summed E-state index contributed by atoms with van der Waals surface area (Å²) in [6, 6.07) is 7.77. The number of hydrogen-bond donors (Lipinski definition) is 2. The molecule has 0 aliphatic carbocycles. The first-order valence-electron chi connectivity index (χ1n) is 6.60. The number of carbonyl (C=O) groups is 1. The second-order valence-electron chi connectivity index (χ2n) is 4.98. The average molecular weight is 340 g/mol. The van der Waals surface area contributed by atoms with E-state index in [2.05, 4.69) is 21.1 Å². The van der Waals surface area contributed by atoms with Gasteiger partial charge in [0.15, 0.2) is 0 Å². The van der Waals surface area contributed by atoms with Crippen LogP contribution in [0.2, 0.25) is 0 Å². The molecule has 3 N–H and O–H groups in total. The summed E-state index contributed by atoms with van der Waals surface area (Å²) < 4.78 is 1.01. The highest BCUT2D eigenvalue weighted by molar-refractivity contribution is 9.10. The smallest absolute Gasteiger partial charge is 0.226 e. The highest BCUT2D eigenvalue weighted by Gasteiger charge is 2.25. The van der Waals surface area contributed by atoms with Gasteiger partial charge in [-0.1, -0.05) is 33.2 Å². The van der Waals surface area contributed by atoms with Gasteiger partial charge in [0, 0.05) is 23.5 Å². The van der Waals surface area contributed by atoms with E-state index in [0.29, 0.717) is 19.5 Å². The average Bonchev–Trinajstić information content (AvgIpc) is 2.49. The summed E-state index contributed by atoms with van der Waals surface area (Å²) in [6.45, 7) is 1.33. The summed E-state index contributed by atoms with van der Waals surface area (Å²) in [7, 11) is 0. The van der Waals surface area contributed by atoms with Crippen LogP contribution in [0.1, 0.15) is 18.4 Å². The Labute approximate surface area is 126 Å². The molecule has 0 saturated carbocycles. The summed E-state index contributed by atoms with van der Waals surface area (Å²) in [5.74, 6) is 0.479. The van der Waals surface area contributed by atoms with Crippen molar-refractivity contribution in [3.8, 4) is 0 Å². The van der Waals surface area contributed by atoms with Gasteiger partial charge in [-0.25, -0.2) is 0 Å². The molecule has 1 aliphatic heterocycles. The van der Waals surface area contributed by atoms with Crippen LogP contribution < -0.4 is 5.73 Å². The Morgan fingerprint density at radius 2 is 1.95 bits per heavy atom. The molecule has 0 aromatic heterocycles. The zero-order valence-electron chi connectivity index (χ0n) is 11.1. The van der Waals surface area contributed by atoms with E-state index in [1.54, 1.807) is 0 Å². The minimum Gasteiger partial charge on any atom is -0.409 e. The number of piperidine rings is 1. The molecule has 108 valence electrons. The van der Waals surface area contributed by atoms with Gasteiger partial charge in [0.1, 0.15) is 5.84 Å². The molecule has 5 nitrogen and oxygen atoms in total. The molecule has 1 aromatic carbocycles. The monoisotopic (exact) mass is 339 g/mol. The largest absolute Gasteiger partial charge is 0.409 e. The Morgan fingerprint density at radius 3 is 2.50 bits per heavy atom. The molecule has 1 fully saturated rings. The molecular formula is C14H18BrN3O2. The maximum Gasteiger partial charge on any atom is 0.226 e. The number of hydrogen-bond acceptors (Lipinski definition) is 3. The van der Waals surface area contributed by atoms with Crippen molar-refractivity contribution < 1.29 is 10.0 Å². The number of benzene rings is 1. The molecule has 6 heteroatoms. The van der Waals surface area contributed by atoms with Gasteiger partial charge in [-0.3, -0.25) is 4.79 Å². The van der Waals surface area contributed by atoms with E-state index >= 15 is 0 Å². The van der Waals surface area contributed by atoms with Gasteiger partial charge >= 0.3 is 0 Å². The van der Waals surface area contributed by atoms with Crippen LogP contribution in [0, 0.1) is 5.92 Å². The summed E-state index contributed by atoms with van der Waals surface area (Å²) in [6.07, 6.45) is 1.92. The summed E-state index contributed by atoms with van der Waals surface area (Å²) in [5.41, 5.74) is 6.61. The van der Waals surface area contributed by atoms with Crippen LogP contribution in [-0.4, -0.2) is 34.9 Å². The molecule has 1 amide bonds. The number of halogens is 1. The number of rotatable bonds is 3. The topological polar surface area (TPSA) is 78.9 Å². The number of amidine groups is 1. The van der Waals surface area contributed by atoms with Crippen molar-refractivity contribution in [3.63, 3.8) is 0 Å². The quantitative estimate of drug-likeness (QED) is 0.382. The van der Waals surface area contributed by atoms with Crippen molar-refractivity contribution in [1.29, 1.82) is 0 Å². The Morgan fingerprint density at radius 1 is 1.35 bits per heavy atom. The third-order valence-corrected chi connectivity index (χ3v) is 4.18. The van der Waals surface area contributed by atoms with E-state index in [1.807, 2.05) is 29.2 Å². The maximum absolute atomic E-state index is 12.2. The van der Waals surface area contributed by atoms with Crippen molar-refractivity contribution in [1.82, 2.24) is 4.90 Å². The fourth-order valence-electron chi connectivity index (χ4n) is 2.39. The molecule has 0 spiro atoms. The van der Waals surface area contributed by atoms with Crippen LogP contribution in [0.3, 0.4) is 0 Å². The Balaban J connectivity index is 1.87. The van der Waals surface area contributed by atoms with Crippen LogP contribution in [0.5, 0.6) is 0 Å². The number of nitrogens with two attached hydrogens (primary N) is 1. The summed E-state index contributed by atoms with van der Waals surface area (Å²) >= 11 is 3.38. The normalized spacial score (nSPS) is 17.2. The lowest BCUT2D eigenvalue weighted by Gasteiger charge is -2.31. The molecule has 1 aliphatic rings. The maximum atomic E-state index is 12.2. The van der Waals surface area contributed by atoms with Crippen molar-refractivity contribution in [2.24, 2.45) is 16.8 Å². The molecule has 0 bridgehead atoms. The summed E-state index contributed by atoms with van der Waals surface area (Å²) in [5, 5.41) is 11.7. The Bertz CT molecular complexity index is 494. The predicted molar refractivity (Wildman–Crippen MR) is 80.6 cm³/mol. The number of carbonyl (C=O) groups excluding carboxylic acids is 1. The zero-order valence-corrected chi connectivity index (χ0v) is 12.7. The molecule has 1 heterocycles. The van der Waals surface area contributed by atoms with Gasteiger partial charge in [0.2, 0.25) is 5.91 Å². The zero-order chi connectivity index (χ0) is 14.5. The minimum absolute atomic E-state index is 0.0803. The molecule has 20 heavy (non-hydrogen) atoms. The Hall–Kier alpha value is -1.56. The van der Waals surface area contributed by atoms with Crippen molar-refractivity contribution in [2.45, 2.75) is 19.3 Å². The summed E-state index contributed by atoms with van der Waals surface area (Å²) in [4.78, 5) is 14.1. The fourth-order valence-corrected chi connectivity index (χ4v) is 2.66. The highest BCUT2D eigenvalue weighted by atomic mass is 79.9. The molecule has 1 aromatic rings. The lowest BCUT2D eigenvalue weighted by Crippen LogP contribution is -2.42. The van der Waals surface area contributed by atoms with E-state index in [0.717, 1.165) is 22.9 Å². The fraction of sp³-hybridized carbons (Fsp3) is 0.429. The second-order valence-corrected chi connectivity index (χ2v) is 5.90. The van der Waals surface area contributed by atoms with Crippen LogP contribution in [0.25, 0.3) is 0 Å². The van der Waals surface area contributed by atoms with Crippen molar-refractivity contribution >= 4 is 27.7 Å². The minimum atomic E-state index is 0.0803. The highest BCUT2D eigenvalue weighted by Crippen LogP contribution is 2.18. The first-order valence-corrected chi connectivity index (χ1v) is 7.39. The van der Waals surface area contributed by atoms with Crippen LogP contribution in [0.4, 0.5) is 0 Å². The third kappa shape index (κ3) is 3.72. The van der Waals surface area contributed by atoms with E-state index in [1.165, 1.54) is 0 Å². The molecule has 0 radical (unpaired) electrons. The van der Waals surface area contributed by atoms with Crippen molar-refractivity contribution in [2.75, 3.05) is 13.1 Å². The standard InChI is InChI=1S/C14H18BrN3O2/c15-12-3-1-10(2-4-12)9-13(19)18-7-5-11(6-8-18)14(16)17-20/h1-4,11,20H,5-9H2,(H2,16,17). The van der Waals surface area contributed by atoms with E-state index in [9.17, 15) is 4.79 Å². The number of nitrogens with zero attached hydrogens (tertiary/aromatic N) is 2. The van der Waals surface area contributed by atoms with Gasteiger partial charge in [-0.15, -0.1) is 0 Å². The second kappa shape index (κ2) is 6.74. The van der Waals surface area contributed by atoms with Gasteiger partial charge in [0.25, 0.3) is 0 Å². The molecule has 1 saturated heterocycles. The Kier molecular flexibility index (Phi) is 5.00. The third-order valence-electron chi connectivity index (χ3n) is 3.65. The number of amides is 1. The van der Waals surface area contributed by atoms with Crippen LogP contribution in [0.15, 0.2) is 33.9 Å². The van der Waals surface area contributed by atoms with E-state index in [-0.39, 0.29) is 17.7 Å². The van der Waals surface area contributed by atoms with Gasteiger partial charge in [0.05, 0.1) is 6.42 Å². The van der Waals surface area contributed by atoms with Crippen LogP contribution >= 0.6 is 15.9 Å². The first-order chi connectivity index (χ1) is 9.60. The van der Waals surface area contributed by atoms with Crippen molar-refractivity contribution in [3.05, 3.63) is 34.3 Å². The molecule has 0 atom stereocenters. The molecule has 2 rings (SSSR count). The lowest BCUT2D eigenvalue weighted by atomic mass is 9.95. The van der Waals surface area contributed by atoms with Gasteiger partial charge < -0.3 is 15.8 Å². The van der Waals surface area contributed by atoms with Gasteiger partial charge in [-0.05, 0) is 30.5 Å². The van der Waals surface area contributed by atoms with E-state index < -0.39 is 0 Å².